The Morgan fingerprint density at radius 2 is 1.92 bits per heavy atom. The van der Waals surface area contributed by atoms with E-state index in [2.05, 4.69) is 4.98 Å². The Hall–Kier alpha value is -2.53. The first-order valence-corrected chi connectivity index (χ1v) is 8.01. The van der Waals surface area contributed by atoms with E-state index in [0.717, 1.165) is 0 Å². The Balaban J connectivity index is 1.97. The van der Waals surface area contributed by atoms with Gasteiger partial charge in [0, 0.05) is 18.3 Å². The number of pyridine rings is 1. The summed E-state index contributed by atoms with van der Waals surface area (Å²) in [5, 5.41) is 11.1. The lowest BCUT2D eigenvalue weighted by Crippen LogP contribution is -2.43. The van der Waals surface area contributed by atoms with Gasteiger partial charge in [0.1, 0.15) is 5.69 Å². The molecule has 0 spiro atoms. The molecule has 1 aromatic heterocycles. The number of benzene rings is 1. The molecular weight excluding hydrogens is 304 g/mol. The number of aromatic nitrogens is 1. The van der Waals surface area contributed by atoms with Gasteiger partial charge in [-0.15, -0.1) is 0 Å². The number of carbonyl (C=O) groups is 2. The Bertz CT molecular complexity index is 773. The van der Waals surface area contributed by atoms with Gasteiger partial charge in [-0.3, -0.25) is 14.6 Å². The third-order valence-electron chi connectivity index (χ3n) is 4.15. The lowest BCUT2D eigenvalue weighted by atomic mass is 9.89. The van der Waals surface area contributed by atoms with Crippen LogP contribution in [0, 0.1) is 5.92 Å². The van der Waals surface area contributed by atoms with Crippen molar-refractivity contribution in [1.82, 2.24) is 4.98 Å². The van der Waals surface area contributed by atoms with E-state index in [9.17, 15) is 14.7 Å². The number of anilines is 1. The predicted octanol–water partition coefficient (Wildman–Crippen LogP) is 2.54. The highest BCUT2D eigenvalue weighted by atomic mass is 16.3. The summed E-state index contributed by atoms with van der Waals surface area (Å²) in [5.74, 6) is -0.551. The highest BCUT2D eigenvalue weighted by Crippen LogP contribution is 2.43. The molecule has 1 N–H and O–H groups in total. The first-order chi connectivity index (χ1) is 11.4. The second-order valence-electron chi connectivity index (χ2n) is 6.50. The fraction of sp³-hybridized carbons (Fsp3) is 0.316. The summed E-state index contributed by atoms with van der Waals surface area (Å²) >= 11 is 0. The topological polar surface area (TPSA) is 70.5 Å². The molecule has 0 bridgehead atoms. The number of amides is 1. The summed E-state index contributed by atoms with van der Waals surface area (Å²) in [6.07, 6.45) is 1.21. The number of ketones is 1. The van der Waals surface area contributed by atoms with Gasteiger partial charge < -0.3 is 10.0 Å². The minimum absolute atomic E-state index is 0.246. The fourth-order valence-electron chi connectivity index (χ4n) is 3.07. The van der Waals surface area contributed by atoms with E-state index in [4.69, 9.17) is 0 Å². The predicted molar refractivity (Wildman–Crippen MR) is 90.7 cm³/mol. The van der Waals surface area contributed by atoms with Gasteiger partial charge in [0.15, 0.2) is 11.4 Å². The third-order valence-corrected chi connectivity index (χ3v) is 4.15. The molecule has 1 amide bonds. The number of Topliss-reactive ketones (excluding diaryl/α,β-unsaturated/α-hetero) is 1. The maximum Gasteiger partial charge on any atom is 0.264 e. The average molecular weight is 324 g/mol. The van der Waals surface area contributed by atoms with Crippen LogP contribution in [0.15, 0.2) is 48.7 Å². The van der Waals surface area contributed by atoms with Crippen LogP contribution in [0.1, 0.15) is 36.3 Å². The van der Waals surface area contributed by atoms with Crippen molar-refractivity contribution in [3.63, 3.8) is 0 Å². The summed E-state index contributed by atoms with van der Waals surface area (Å²) in [6, 6.07) is 12.1. The molecule has 5 heteroatoms. The van der Waals surface area contributed by atoms with Crippen LogP contribution in [0.3, 0.4) is 0 Å². The Kier molecular flexibility index (Phi) is 4.20. The summed E-state index contributed by atoms with van der Waals surface area (Å²) in [7, 11) is 0. The molecule has 124 valence electrons. The van der Waals surface area contributed by atoms with E-state index in [-0.39, 0.29) is 23.8 Å². The maximum absolute atomic E-state index is 12.9. The smallest absolute Gasteiger partial charge is 0.264 e. The number of carbonyl (C=O) groups excluding carboxylic acids is 2. The molecule has 1 unspecified atom stereocenters. The van der Waals surface area contributed by atoms with Crippen molar-refractivity contribution in [3.8, 4) is 0 Å². The lowest BCUT2D eigenvalue weighted by Gasteiger charge is -2.23. The van der Waals surface area contributed by atoms with Gasteiger partial charge in [-0.1, -0.05) is 38.1 Å². The number of hydrogen-bond acceptors (Lipinski definition) is 4. The highest BCUT2D eigenvalue weighted by molar-refractivity contribution is 6.10. The molecule has 0 aliphatic carbocycles. The molecule has 3 rings (SSSR count). The third kappa shape index (κ3) is 2.71. The van der Waals surface area contributed by atoms with Gasteiger partial charge >= 0.3 is 0 Å². The van der Waals surface area contributed by atoms with E-state index < -0.39 is 11.5 Å². The largest absolute Gasteiger partial charge is 0.375 e. The zero-order valence-electron chi connectivity index (χ0n) is 13.8. The summed E-state index contributed by atoms with van der Waals surface area (Å²) in [5.41, 5.74) is -0.425. The Labute approximate surface area is 140 Å². The lowest BCUT2D eigenvalue weighted by molar-refractivity contribution is -0.136. The number of fused-ring (bicyclic) bond motifs is 1. The van der Waals surface area contributed by atoms with E-state index in [0.29, 0.717) is 17.8 Å². The van der Waals surface area contributed by atoms with Gasteiger partial charge in [0.25, 0.3) is 5.91 Å². The van der Waals surface area contributed by atoms with Crippen LogP contribution in [0.25, 0.3) is 0 Å². The van der Waals surface area contributed by atoms with Gasteiger partial charge in [-0.25, -0.2) is 0 Å². The highest BCUT2D eigenvalue weighted by Gasteiger charge is 2.50. The molecule has 1 atom stereocenters. The number of para-hydroxylation sites is 1. The molecule has 5 nitrogen and oxygen atoms in total. The van der Waals surface area contributed by atoms with Crippen molar-refractivity contribution < 1.29 is 14.7 Å². The second-order valence-corrected chi connectivity index (χ2v) is 6.50. The monoisotopic (exact) mass is 324 g/mol. The van der Waals surface area contributed by atoms with Crippen LogP contribution in [0.5, 0.6) is 0 Å². The average Bonchev–Trinajstić information content (AvgIpc) is 2.78. The normalized spacial score (nSPS) is 19.7. The van der Waals surface area contributed by atoms with Gasteiger partial charge in [-0.2, -0.15) is 0 Å². The molecule has 0 radical (unpaired) electrons. The van der Waals surface area contributed by atoms with Crippen LogP contribution in [-0.4, -0.2) is 28.3 Å². The SMILES string of the molecule is CC(C)CN1C(=O)C(O)(CC(=O)c2ccccn2)c2ccccc21. The van der Waals surface area contributed by atoms with Gasteiger partial charge in [0.2, 0.25) is 0 Å². The molecular formula is C19H20N2O3. The minimum Gasteiger partial charge on any atom is -0.375 e. The second kappa shape index (κ2) is 6.17. The van der Waals surface area contributed by atoms with Crippen molar-refractivity contribution >= 4 is 17.4 Å². The van der Waals surface area contributed by atoms with Crippen molar-refractivity contribution in [3.05, 3.63) is 59.9 Å². The quantitative estimate of drug-likeness (QED) is 0.858. The van der Waals surface area contributed by atoms with E-state index in [1.807, 2.05) is 19.9 Å². The number of nitrogens with zero attached hydrogens (tertiary/aromatic N) is 2. The molecule has 0 saturated heterocycles. The van der Waals surface area contributed by atoms with Crippen LogP contribution < -0.4 is 4.90 Å². The minimum atomic E-state index is -1.83. The van der Waals surface area contributed by atoms with Crippen LogP contribution in [0.2, 0.25) is 0 Å². The summed E-state index contributed by atoms with van der Waals surface area (Å²) < 4.78 is 0. The van der Waals surface area contributed by atoms with Gasteiger partial charge in [-0.05, 0) is 24.1 Å². The number of hydrogen-bond donors (Lipinski definition) is 1. The van der Waals surface area contributed by atoms with Crippen molar-refractivity contribution in [2.45, 2.75) is 25.9 Å². The fourth-order valence-corrected chi connectivity index (χ4v) is 3.07. The van der Waals surface area contributed by atoms with E-state index >= 15 is 0 Å². The molecule has 2 heterocycles. The van der Waals surface area contributed by atoms with Crippen LogP contribution in [-0.2, 0) is 10.4 Å². The molecule has 1 aliphatic heterocycles. The van der Waals surface area contributed by atoms with Crippen molar-refractivity contribution in [2.24, 2.45) is 5.92 Å². The van der Waals surface area contributed by atoms with Crippen LogP contribution >= 0.6 is 0 Å². The Morgan fingerprint density at radius 1 is 1.21 bits per heavy atom. The number of aliphatic hydroxyl groups is 1. The molecule has 0 fully saturated rings. The van der Waals surface area contributed by atoms with Gasteiger partial charge in [0.05, 0.1) is 12.1 Å². The Morgan fingerprint density at radius 3 is 2.58 bits per heavy atom. The maximum atomic E-state index is 12.9. The van der Waals surface area contributed by atoms with E-state index in [1.165, 1.54) is 6.20 Å². The van der Waals surface area contributed by atoms with Crippen molar-refractivity contribution in [1.29, 1.82) is 0 Å². The first kappa shape index (κ1) is 16.3. The summed E-state index contributed by atoms with van der Waals surface area (Å²) in [4.78, 5) is 31.0. The molecule has 2 aromatic rings. The van der Waals surface area contributed by atoms with Crippen LogP contribution in [0.4, 0.5) is 5.69 Å². The number of rotatable bonds is 5. The summed E-state index contributed by atoms with van der Waals surface area (Å²) in [6.45, 7) is 4.51. The first-order valence-electron chi connectivity index (χ1n) is 8.01. The van der Waals surface area contributed by atoms with Crippen molar-refractivity contribution in [2.75, 3.05) is 11.4 Å². The molecule has 24 heavy (non-hydrogen) atoms. The zero-order chi connectivity index (χ0) is 17.3. The zero-order valence-corrected chi connectivity index (χ0v) is 13.8. The molecule has 1 aliphatic rings. The standard InChI is InChI=1S/C19H20N2O3/c1-13(2)12-21-16-9-4-3-7-14(16)19(24,18(21)23)11-17(22)15-8-5-6-10-20-15/h3-10,13,24H,11-12H2,1-2H3. The molecule has 1 aromatic carbocycles. The molecule has 0 saturated carbocycles. The van der Waals surface area contributed by atoms with E-state index in [1.54, 1.807) is 41.3 Å².